The molecule has 13 heavy (non-hydrogen) atoms. The summed E-state index contributed by atoms with van der Waals surface area (Å²) in [6.07, 6.45) is 13.6. The predicted molar refractivity (Wildman–Crippen MR) is 56.7 cm³/mol. The number of likely N-dealkylation sites (tertiary alicyclic amines) is 1. The highest BCUT2D eigenvalue weighted by Gasteiger charge is 2.11. The molecule has 1 nitrogen and oxygen atoms in total. The normalized spacial score (nSPS) is 24.5. The lowest BCUT2D eigenvalue weighted by Crippen LogP contribution is -2.31. The van der Waals surface area contributed by atoms with Crippen LogP contribution in [-0.4, -0.2) is 24.5 Å². The van der Waals surface area contributed by atoms with Gasteiger partial charge in [-0.25, -0.2) is 0 Å². The molecule has 0 aromatic heterocycles. The molecule has 0 aromatic rings. The second kappa shape index (κ2) is 4.61. The maximum absolute atomic E-state index is 2.61. The maximum Gasteiger partial charge on any atom is 0.0196 e. The number of nitrogens with zero attached hydrogens (tertiary/aromatic N) is 1. The summed E-state index contributed by atoms with van der Waals surface area (Å²) in [5.41, 5.74) is 1.63. The van der Waals surface area contributed by atoms with E-state index < -0.39 is 0 Å². The molecule has 1 saturated heterocycles. The lowest BCUT2D eigenvalue weighted by Gasteiger charge is -2.27. The quantitative estimate of drug-likeness (QED) is 0.627. The van der Waals surface area contributed by atoms with Gasteiger partial charge in [0.25, 0.3) is 0 Å². The van der Waals surface area contributed by atoms with Crippen LogP contribution in [0.1, 0.15) is 32.1 Å². The molecule has 1 aliphatic carbocycles. The SMILES string of the molecule is C1=CCCC(CN2CCCCC2)=C1. The Labute approximate surface area is 81.1 Å². The molecule has 1 fully saturated rings. The van der Waals surface area contributed by atoms with Crippen LogP contribution in [0.25, 0.3) is 0 Å². The smallest absolute Gasteiger partial charge is 0.0196 e. The largest absolute Gasteiger partial charge is 0.299 e. The number of rotatable bonds is 2. The Morgan fingerprint density at radius 1 is 1.15 bits per heavy atom. The van der Waals surface area contributed by atoms with Gasteiger partial charge in [0, 0.05) is 6.54 Å². The van der Waals surface area contributed by atoms with Gasteiger partial charge in [0.2, 0.25) is 0 Å². The highest BCUT2D eigenvalue weighted by Crippen LogP contribution is 2.16. The number of piperidine rings is 1. The Balaban J connectivity index is 1.82. The van der Waals surface area contributed by atoms with E-state index in [9.17, 15) is 0 Å². The van der Waals surface area contributed by atoms with E-state index in [2.05, 4.69) is 23.1 Å². The van der Waals surface area contributed by atoms with Crippen molar-refractivity contribution in [2.24, 2.45) is 0 Å². The van der Waals surface area contributed by atoms with Crippen LogP contribution < -0.4 is 0 Å². The molecule has 0 aromatic carbocycles. The van der Waals surface area contributed by atoms with Crippen LogP contribution in [0.3, 0.4) is 0 Å². The molecule has 0 atom stereocenters. The third-order valence-electron chi connectivity index (χ3n) is 2.98. The third-order valence-corrected chi connectivity index (χ3v) is 2.98. The number of hydrogen-bond donors (Lipinski definition) is 0. The Morgan fingerprint density at radius 3 is 2.69 bits per heavy atom. The molecule has 0 bridgehead atoms. The zero-order valence-corrected chi connectivity index (χ0v) is 8.34. The Bertz CT molecular complexity index is 209. The average molecular weight is 177 g/mol. The third kappa shape index (κ3) is 2.70. The Morgan fingerprint density at radius 2 is 2.00 bits per heavy atom. The average Bonchev–Trinajstić information content (AvgIpc) is 2.21. The van der Waals surface area contributed by atoms with Gasteiger partial charge in [0.1, 0.15) is 0 Å². The molecule has 2 aliphatic rings. The summed E-state index contributed by atoms with van der Waals surface area (Å²) in [6.45, 7) is 3.87. The van der Waals surface area contributed by atoms with Crippen molar-refractivity contribution >= 4 is 0 Å². The monoisotopic (exact) mass is 177 g/mol. The minimum atomic E-state index is 1.23. The highest BCUT2D eigenvalue weighted by molar-refractivity contribution is 5.18. The predicted octanol–water partition coefficient (Wildman–Crippen LogP) is 2.75. The summed E-state index contributed by atoms with van der Waals surface area (Å²) < 4.78 is 0. The molecule has 0 unspecified atom stereocenters. The van der Waals surface area contributed by atoms with E-state index in [0.717, 1.165) is 0 Å². The minimum absolute atomic E-state index is 1.23. The maximum atomic E-state index is 2.61. The second-order valence-corrected chi connectivity index (χ2v) is 4.13. The molecular formula is C12H19N. The molecule has 0 saturated carbocycles. The van der Waals surface area contributed by atoms with E-state index in [-0.39, 0.29) is 0 Å². The summed E-state index contributed by atoms with van der Waals surface area (Å²) in [5, 5.41) is 0. The minimum Gasteiger partial charge on any atom is -0.299 e. The van der Waals surface area contributed by atoms with Crippen molar-refractivity contribution in [2.45, 2.75) is 32.1 Å². The zero-order chi connectivity index (χ0) is 8.93. The van der Waals surface area contributed by atoms with Crippen molar-refractivity contribution in [1.29, 1.82) is 0 Å². The second-order valence-electron chi connectivity index (χ2n) is 4.13. The number of allylic oxidation sites excluding steroid dienone is 3. The van der Waals surface area contributed by atoms with E-state index in [1.165, 1.54) is 51.7 Å². The Hall–Kier alpha value is -0.560. The van der Waals surface area contributed by atoms with Gasteiger partial charge in [0.15, 0.2) is 0 Å². The van der Waals surface area contributed by atoms with Gasteiger partial charge in [-0.05, 0) is 38.8 Å². The lowest BCUT2D eigenvalue weighted by atomic mass is 10.0. The van der Waals surface area contributed by atoms with Crippen LogP contribution in [0.4, 0.5) is 0 Å². The fourth-order valence-electron chi connectivity index (χ4n) is 2.19. The first kappa shape index (κ1) is 9.01. The van der Waals surface area contributed by atoms with Crippen LogP contribution in [0.2, 0.25) is 0 Å². The summed E-state index contributed by atoms with van der Waals surface area (Å²) in [4.78, 5) is 2.61. The van der Waals surface area contributed by atoms with Crippen molar-refractivity contribution in [1.82, 2.24) is 4.90 Å². The highest BCUT2D eigenvalue weighted by atomic mass is 15.1. The van der Waals surface area contributed by atoms with Crippen molar-refractivity contribution < 1.29 is 0 Å². The summed E-state index contributed by atoms with van der Waals surface area (Å²) >= 11 is 0. The molecule has 0 spiro atoms. The summed E-state index contributed by atoms with van der Waals surface area (Å²) in [5.74, 6) is 0. The zero-order valence-electron chi connectivity index (χ0n) is 8.34. The van der Waals surface area contributed by atoms with Gasteiger partial charge in [-0.3, -0.25) is 4.90 Å². The van der Waals surface area contributed by atoms with Gasteiger partial charge in [-0.1, -0.05) is 30.2 Å². The fourth-order valence-corrected chi connectivity index (χ4v) is 2.19. The molecule has 0 amide bonds. The molecule has 0 radical (unpaired) electrons. The van der Waals surface area contributed by atoms with Crippen LogP contribution in [0.5, 0.6) is 0 Å². The fraction of sp³-hybridized carbons (Fsp3) is 0.667. The topological polar surface area (TPSA) is 3.24 Å². The van der Waals surface area contributed by atoms with E-state index in [1.54, 1.807) is 5.57 Å². The van der Waals surface area contributed by atoms with Gasteiger partial charge in [-0.15, -0.1) is 0 Å². The van der Waals surface area contributed by atoms with Crippen molar-refractivity contribution in [3.8, 4) is 0 Å². The molecular weight excluding hydrogens is 158 g/mol. The first-order valence-electron chi connectivity index (χ1n) is 5.52. The van der Waals surface area contributed by atoms with Crippen LogP contribution in [0.15, 0.2) is 23.8 Å². The lowest BCUT2D eigenvalue weighted by molar-refractivity contribution is 0.244. The molecule has 1 aliphatic heterocycles. The van der Waals surface area contributed by atoms with Crippen LogP contribution >= 0.6 is 0 Å². The van der Waals surface area contributed by atoms with Gasteiger partial charge in [0.05, 0.1) is 0 Å². The van der Waals surface area contributed by atoms with E-state index in [1.807, 2.05) is 0 Å². The van der Waals surface area contributed by atoms with Crippen molar-refractivity contribution in [3.63, 3.8) is 0 Å². The van der Waals surface area contributed by atoms with Crippen LogP contribution in [0, 0.1) is 0 Å². The van der Waals surface area contributed by atoms with Gasteiger partial charge in [-0.2, -0.15) is 0 Å². The summed E-state index contributed by atoms with van der Waals surface area (Å²) in [6, 6.07) is 0. The van der Waals surface area contributed by atoms with E-state index in [0.29, 0.717) is 0 Å². The van der Waals surface area contributed by atoms with E-state index in [4.69, 9.17) is 0 Å². The Kier molecular flexibility index (Phi) is 3.20. The van der Waals surface area contributed by atoms with Gasteiger partial charge >= 0.3 is 0 Å². The first-order valence-corrected chi connectivity index (χ1v) is 5.52. The van der Waals surface area contributed by atoms with E-state index >= 15 is 0 Å². The van der Waals surface area contributed by atoms with Gasteiger partial charge < -0.3 is 0 Å². The molecule has 2 rings (SSSR count). The number of hydrogen-bond acceptors (Lipinski definition) is 1. The molecule has 72 valence electrons. The standard InChI is InChI=1S/C12H19N/c1-3-7-12(8-4-1)11-13-9-5-2-6-10-13/h1,3,7H,2,4-6,8-11H2. The first-order chi connectivity index (χ1) is 6.45. The van der Waals surface area contributed by atoms with Crippen LogP contribution in [-0.2, 0) is 0 Å². The molecule has 1 heterocycles. The molecule has 1 heteroatoms. The molecule has 0 N–H and O–H groups in total. The summed E-state index contributed by atoms with van der Waals surface area (Å²) in [7, 11) is 0. The van der Waals surface area contributed by atoms with Crippen molar-refractivity contribution in [3.05, 3.63) is 23.8 Å². The van der Waals surface area contributed by atoms with Crippen molar-refractivity contribution in [2.75, 3.05) is 19.6 Å².